The number of benzene rings is 1. The number of hydrogen-bond donors (Lipinski definition) is 2. The van der Waals surface area contributed by atoms with Crippen LogP contribution in [0.15, 0.2) is 24.3 Å². The average molecular weight is 279 g/mol. The van der Waals surface area contributed by atoms with Crippen molar-refractivity contribution in [3.05, 3.63) is 29.8 Å². The predicted octanol–water partition coefficient (Wildman–Crippen LogP) is 1.14. The van der Waals surface area contributed by atoms with Crippen LogP contribution in [0, 0.1) is 0 Å². The van der Waals surface area contributed by atoms with E-state index in [1.807, 2.05) is 0 Å². The van der Waals surface area contributed by atoms with Crippen LogP contribution in [0.4, 0.5) is 4.79 Å². The fraction of sp³-hybridized carbons (Fsp3) is 0.308. The minimum absolute atomic E-state index is 0.0627. The van der Waals surface area contributed by atoms with Gasteiger partial charge in [0.05, 0.1) is 13.0 Å². The van der Waals surface area contributed by atoms with Gasteiger partial charge in [-0.25, -0.2) is 14.5 Å². The summed E-state index contributed by atoms with van der Waals surface area (Å²) in [6.07, 6.45) is -1.61. The van der Waals surface area contributed by atoms with E-state index in [1.54, 1.807) is 24.3 Å². The van der Waals surface area contributed by atoms with Crippen molar-refractivity contribution in [3.63, 3.8) is 0 Å². The van der Waals surface area contributed by atoms with Gasteiger partial charge in [-0.05, 0) is 24.1 Å². The molecule has 1 aliphatic rings. The second-order valence-corrected chi connectivity index (χ2v) is 4.41. The first-order valence-corrected chi connectivity index (χ1v) is 5.88. The van der Waals surface area contributed by atoms with Gasteiger partial charge in [-0.3, -0.25) is 4.79 Å². The minimum Gasteiger partial charge on any atom is -0.497 e. The number of carboxylic acids is 1. The Morgan fingerprint density at radius 1 is 1.25 bits per heavy atom. The van der Waals surface area contributed by atoms with Crippen LogP contribution in [0.25, 0.3) is 0 Å². The van der Waals surface area contributed by atoms with E-state index in [1.165, 1.54) is 7.11 Å². The Hall–Kier alpha value is -2.57. The molecule has 2 amide bonds. The molecule has 2 atom stereocenters. The maximum Gasteiger partial charge on any atom is 0.414 e. The van der Waals surface area contributed by atoms with Crippen LogP contribution >= 0.6 is 0 Å². The SMILES string of the molecule is COc1ccc([C@@H]2C[C@H](C(=O)O)N(C(=O)O)C2=O)cc1. The molecule has 0 bridgehead atoms. The Labute approximate surface area is 114 Å². The molecular formula is C13H13NO6. The summed E-state index contributed by atoms with van der Waals surface area (Å²) in [5.41, 5.74) is 0.575. The largest absolute Gasteiger partial charge is 0.497 e. The Balaban J connectivity index is 2.31. The van der Waals surface area contributed by atoms with Gasteiger partial charge in [0.2, 0.25) is 5.91 Å². The lowest BCUT2D eigenvalue weighted by molar-refractivity contribution is -0.144. The number of rotatable bonds is 3. The van der Waals surface area contributed by atoms with Gasteiger partial charge in [-0.15, -0.1) is 0 Å². The zero-order valence-electron chi connectivity index (χ0n) is 10.6. The molecule has 0 saturated carbocycles. The van der Waals surface area contributed by atoms with Crippen LogP contribution in [0.2, 0.25) is 0 Å². The summed E-state index contributed by atoms with van der Waals surface area (Å²) < 4.78 is 4.99. The van der Waals surface area contributed by atoms with Crippen molar-refractivity contribution < 1.29 is 29.3 Å². The standard InChI is InChI=1S/C13H13NO6/c1-20-8-4-2-7(3-5-8)9-6-10(12(16)17)14(11(9)15)13(18)19/h2-5,9-10H,6H2,1H3,(H,16,17)(H,18,19)/t9-,10+/m0/s1. The van der Waals surface area contributed by atoms with Crippen molar-refractivity contribution in [3.8, 4) is 5.75 Å². The number of aliphatic carboxylic acids is 1. The maximum absolute atomic E-state index is 12.1. The topological polar surface area (TPSA) is 104 Å². The molecule has 1 heterocycles. The Morgan fingerprint density at radius 2 is 1.85 bits per heavy atom. The molecule has 0 spiro atoms. The third-order valence-electron chi connectivity index (χ3n) is 3.32. The number of likely N-dealkylation sites (tertiary alicyclic amines) is 1. The Kier molecular flexibility index (Phi) is 3.60. The van der Waals surface area contributed by atoms with Crippen LogP contribution in [0.5, 0.6) is 5.75 Å². The second-order valence-electron chi connectivity index (χ2n) is 4.41. The third-order valence-corrected chi connectivity index (χ3v) is 3.32. The predicted molar refractivity (Wildman–Crippen MR) is 66.6 cm³/mol. The molecule has 1 saturated heterocycles. The molecule has 106 valence electrons. The summed E-state index contributed by atoms with van der Waals surface area (Å²) in [4.78, 5) is 34.5. The minimum atomic E-state index is -1.54. The molecule has 20 heavy (non-hydrogen) atoms. The first kappa shape index (κ1) is 13.9. The number of carbonyl (C=O) groups excluding carboxylic acids is 1. The highest BCUT2D eigenvalue weighted by atomic mass is 16.5. The summed E-state index contributed by atoms with van der Waals surface area (Å²) in [6, 6.07) is 5.20. The number of amides is 2. The average Bonchev–Trinajstić information content (AvgIpc) is 2.77. The lowest BCUT2D eigenvalue weighted by atomic mass is 9.96. The number of nitrogens with zero attached hydrogens (tertiary/aromatic N) is 1. The van der Waals surface area contributed by atoms with E-state index in [0.717, 1.165) is 0 Å². The summed E-state index contributed by atoms with van der Waals surface area (Å²) in [7, 11) is 1.50. The van der Waals surface area contributed by atoms with Gasteiger partial charge in [0.25, 0.3) is 0 Å². The molecule has 0 unspecified atom stereocenters. The zero-order chi connectivity index (χ0) is 14.9. The number of carboxylic acid groups (broad SMARTS) is 2. The fourth-order valence-electron chi connectivity index (χ4n) is 2.30. The van der Waals surface area contributed by atoms with Gasteiger partial charge in [0, 0.05) is 0 Å². The monoisotopic (exact) mass is 279 g/mol. The van der Waals surface area contributed by atoms with E-state index in [4.69, 9.17) is 14.9 Å². The first-order chi connectivity index (χ1) is 9.45. The lowest BCUT2D eigenvalue weighted by Gasteiger charge is -2.15. The van der Waals surface area contributed by atoms with E-state index in [2.05, 4.69) is 0 Å². The summed E-state index contributed by atoms with van der Waals surface area (Å²) in [5.74, 6) is -2.20. The molecule has 0 aliphatic carbocycles. The van der Waals surface area contributed by atoms with E-state index < -0.39 is 29.9 Å². The summed E-state index contributed by atoms with van der Waals surface area (Å²) in [5, 5.41) is 18.0. The number of ether oxygens (including phenoxy) is 1. The van der Waals surface area contributed by atoms with E-state index >= 15 is 0 Å². The number of imide groups is 1. The molecule has 7 heteroatoms. The highest BCUT2D eigenvalue weighted by Gasteiger charge is 2.47. The van der Waals surface area contributed by atoms with Gasteiger partial charge in [0.15, 0.2) is 0 Å². The molecule has 1 aliphatic heterocycles. The van der Waals surface area contributed by atoms with Gasteiger partial charge in [-0.1, -0.05) is 12.1 Å². The van der Waals surface area contributed by atoms with Gasteiger partial charge in [-0.2, -0.15) is 0 Å². The number of carbonyl (C=O) groups is 3. The molecule has 2 rings (SSSR count). The van der Waals surface area contributed by atoms with Crippen molar-refractivity contribution in [2.45, 2.75) is 18.4 Å². The number of methoxy groups -OCH3 is 1. The fourth-order valence-corrected chi connectivity index (χ4v) is 2.30. The first-order valence-electron chi connectivity index (χ1n) is 5.88. The van der Waals surface area contributed by atoms with Gasteiger partial charge in [0.1, 0.15) is 11.8 Å². The van der Waals surface area contributed by atoms with E-state index in [9.17, 15) is 14.4 Å². The molecule has 1 aromatic rings. The smallest absolute Gasteiger partial charge is 0.414 e. The molecule has 0 radical (unpaired) electrons. The Morgan fingerprint density at radius 3 is 2.25 bits per heavy atom. The maximum atomic E-state index is 12.1. The highest BCUT2D eigenvalue weighted by Crippen LogP contribution is 2.34. The van der Waals surface area contributed by atoms with Crippen molar-refractivity contribution in [1.82, 2.24) is 4.90 Å². The Bertz CT molecular complexity index is 552. The summed E-state index contributed by atoms with van der Waals surface area (Å²) >= 11 is 0. The highest BCUT2D eigenvalue weighted by molar-refractivity contribution is 6.02. The van der Waals surface area contributed by atoms with Crippen molar-refractivity contribution in [2.24, 2.45) is 0 Å². The summed E-state index contributed by atoms with van der Waals surface area (Å²) in [6.45, 7) is 0. The normalized spacial score (nSPS) is 21.9. The van der Waals surface area contributed by atoms with Crippen LogP contribution in [0.1, 0.15) is 17.9 Å². The molecular weight excluding hydrogens is 266 g/mol. The lowest BCUT2D eigenvalue weighted by Crippen LogP contribution is -2.42. The second kappa shape index (κ2) is 5.20. The van der Waals surface area contributed by atoms with Crippen molar-refractivity contribution in [2.75, 3.05) is 7.11 Å². The van der Waals surface area contributed by atoms with Crippen molar-refractivity contribution >= 4 is 18.0 Å². The molecule has 0 aromatic heterocycles. The van der Waals surface area contributed by atoms with Crippen molar-refractivity contribution in [1.29, 1.82) is 0 Å². The van der Waals surface area contributed by atoms with Gasteiger partial charge >= 0.3 is 12.1 Å². The molecule has 1 fully saturated rings. The molecule has 7 nitrogen and oxygen atoms in total. The number of hydrogen-bond acceptors (Lipinski definition) is 4. The van der Waals surface area contributed by atoms with E-state index in [-0.39, 0.29) is 6.42 Å². The van der Waals surface area contributed by atoms with Crippen LogP contribution < -0.4 is 4.74 Å². The van der Waals surface area contributed by atoms with E-state index in [0.29, 0.717) is 16.2 Å². The van der Waals surface area contributed by atoms with Crippen LogP contribution in [-0.4, -0.2) is 46.2 Å². The molecule has 1 aromatic carbocycles. The van der Waals surface area contributed by atoms with Gasteiger partial charge < -0.3 is 14.9 Å². The zero-order valence-corrected chi connectivity index (χ0v) is 10.6. The molecule has 2 N–H and O–H groups in total. The van der Waals surface area contributed by atoms with Crippen LogP contribution in [0.3, 0.4) is 0 Å². The van der Waals surface area contributed by atoms with Crippen LogP contribution in [-0.2, 0) is 9.59 Å². The third kappa shape index (κ3) is 2.29. The quantitative estimate of drug-likeness (QED) is 0.859.